The maximum Gasteiger partial charge on any atom is 0.321 e. The fourth-order valence-electron chi connectivity index (χ4n) is 1.71. The Morgan fingerprint density at radius 1 is 1.37 bits per heavy atom. The number of hydrogen-bond donors (Lipinski definition) is 2. The lowest BCUT2D eigenvalue weighted by atomic mass is 10.2. The van der Waals surface area contributed by atoms with E-state index >= 15 is 0 Å². The second kappa shape index (κ2) is 6.68. The fraction of sp³-hybridized carbons (Fsp3) is 0.462. The Bertz CT molecular complexity index is 539. The molecule has 0 spiro atoms. The van der Waals surface area contributed by atoms with Crippen molar-refractivity contribution in [2.24, 2.45) is 0 Å². The molecule has 0 aliphatic rings. The molecule has 1 aromatic carbocycles. The third-order valence-corrected chi connectivity index (χ3v) is 4.26. The van der Waals surface area contributed by atoms with Crippen molar-refractivity contribution >= 4 is 16.0 Å². The van der Waals surface area contributed by atoms with Gasteiger partial charge in [0.15, 0.2) is 0 Å². The zero-order chi connectivity index (χ0) is 14.5. The van der Waals surface area contributed by atoms with Crippen molar-refractivity contribution in [3.05, 3.63) is 29.8 Å². The number of hydrogen-bond acceptors (Lipinski definition) is 3. The highest BCUT2D eigenvalue weighted by Crippen LogP contribution is 2.13. The first-order valence-corrected chi connectivity index (χ1v) is 7.73. The van der Waals surface area contributed by atoms with E-state index < -0.39 is 22.0 Å². The highest BCUT2D eigenvalue weighted by molar-refractivity contribution is 7.89. The van der Waals surface area contributed by atoms with Crippen LogP contribution in [0.15, 0.2) is 29.2 Å². The number of aryl methyl sites for hydroxylation is 1. The van der Waals surface area contributed by atoms with Crippen LogP contribution in [0.1, 0.15) is 32.3 Å². The monoisotopic (exact) mass is 285 g/mol. The van der Waals surface area contributed by atoms with E-state index in [1.807, 2.05) is 19.9 Å². The molecule has 0 aliphatic carbocycles. The van der Waals surface area contributed by atoms with E-state index in [1.54, 1.807) is 12.1 Å². The first-order chi connectivity index (χ1) is 8.90. The molecule has 2 N–H and O–H groups in total. The summed E-state index contributed by atoms with van der Waals surface area (Å²) in [7, 11) is -3.79. The van der Waals surface area contributed by atoms with Crippen molar-refractivity contribution in [3.8, 4) is 0 Å². The third-order valence-electron chi connectivity index (χ3n) is 2.79. The maximum atomic E-state index is 12.1. The first kappa shape index (κ1) is 15.7. The van der Waals surface area contributed by atoms with Crippen molar-refractivity contribution in [1.82, 2.24) is 4.72 Å². The van der Waals surface area contributed by atoms with Gasteiger partial charge in [0, 0.05) is 0 Å². The summed E-state index contributed by atoms with van der Waals surface area (Å²) in [5, 5.41) is 8.99. The molecule has 0 heterocycles. The van der Waals surface area contributed by atoms with Crippen LogP contribution in [0.5, 0.6) is 0 Å². The van der Waals surface area contributed by atoms with Crippen molar-refractivity contribution in [1.29, 1.82) is 0 Å². The molecule has 1 rings (SSSR count). The molecule has 1 atom stereocenters. The molecule has 6 heteroatoms. The van der Waals surface area contributed by atoms with E-state index in [1.165, 1.54) is 6.07 Å². The van der Waals surface area contributed by atoms with Crippen molar-refractivity contribution in [2.75, 3.05) is 0 Å². The van der Waals surface area contributed by atoms with Gasteiger partial charge in [-0.05, 0) is 30.5 Å². The van der Waals surface area contributed by atoms with E-state index in [9.17, 15) is 13.2 Å². The lowest BCUT2D eigenvalue weighted by molar-refractivity contribution is -0.139. The highest BCUT2D eigenvalue weighted by atomic mass is 32.2. The first-order valence-electron chi connectivity index (χ1n) is 6.24. The third kappa shape index (κ3) is 4.33. The molecule has 0 radical (unpaired) electrons. The standard InChI is InChI=1S/C13H19NO4S/c1-3-6-12(13(15)16)14-19(17,18)11-8-5-7-10(4-2)9-11/h5,7-9,12,14H,3-4,6H2,1-2H3,(H,15,16). The molecule has 1 aromatic rings. The number of carboxylic acid groups (broad SMARTS) is 1. The van der Waals surface area contributed by atoms with Gasteiger partial charge in [-0.3, -0.25) is 4.79 Å². The van der Waals surface area contributed by atoms with Crippen LogP contribution >= 0.6 is 0 Å². The lowest BCUT2D eigenvalue weighted by Gasteiger charge is -2.14. The Hall–Kier alpha value is -1.40. The van der Waals surface area contributed by atoms with E-state index in [4.69, 9.17) is 5.11 Å². The molecule has 0 fully saturated rings. The summed E-state index contributed by atoms with van der Waals surface area (Å²) >= 11 is 0. The lowest BCUT2D eigenvalue weighted by Crippen LogP contribution is -2.40. The molecule has 0 aromatic heterocycles. The largest absolute Gasteiger partial charge is 0.480 e. The number of benzene rings is 1. The second-order valence-electron chi connectivity index (χ2n) is 4.30. The molecule has 1 unspecified atom stereocenters. The van der Waals surface area contributed by atoms with Crippen LogP contribution in [0.3, 0.4) is 0 Å². The zero-order valence-corrected chi connectivity index (χ0v) is 11.9. The fourth-order valence-corrected chi connectivity index (χ4v) is 3.00. The smallest absolute Gasteiger partial charge is 0.321 e. The van der Waals surface area contributed by atoms with Crippen LogP contribution in [0.2, 0.25) is 0 Å². The SMILES string of the molecule is CCCC(NS(=O)(=O)c1cccc(CC)c1)C(=O)O. The van der Waals surface area contributed by atoms with Crippen LogP contribution in [-0.2, 0) is 21.2 Å². The van der Waals surface area contributed by atoms with E-state index in [2.05, 4.69) is 4.72 Å². The Morgan fingerprint density at radius 2 is 2.05 bits per heavy atom. The molecular formula is C13H19NO4S. The molecule has 0 bridgehead atoms. The summed E-state index contributed by atoms with van der Waals surface area (Å²) in [5.41, 5.74) is 0.894. The normalized spacial score (nSPS) is 13.2. The number of nitrogens with one attached hydrogen (secondary N) is 1. The van der Waals surface area contributed by atoms with Crippen molar-refractivity contribution < 1.29 is 18.3 Å². The van der Waals surface area contributed by atoms with Gasteiger partial charge in [-0.15, -0.1) is 0 Å². The Kier molecular flexibility index (Phi) is 5.50. The summed E-state index contributed by atoms with van der Waals surface area (Å²) in [6.07, 6.45) is 1.58. The van der Waals surface area contributed by atoms with Gasteiger partial charge in [0.1, 0.15) is 6.04 Å². The number of aliphatic carboxylic acids is 1. The van der Waals surface area contributed by atoms with E-state index in [0.717, 1.165) is 12.0 Å². The van der Waals surface area contributed by atoms with Gasteiger partial charge in [-0.25, -0.2) is 8.42 Å². The maximum absolute atomic E-state index is 12.1. The van der Waals surface area contributed by atoms with Crippen LogP contribution in [-0.4, -0.2) is 25.5 Å². The predicted octanol–water partition coefficient (Wildman–Crippen LogP) is 1.78. The van der Waals surface area contributed by atoms with E-state index in [0.29, 0.717) is 6.42 Å². The zero-order valence-electron chi connectivity index (χ0n) is 11.1. The average Bonchev–Trinajstić information content (AvgIpc) is 2.38. The summed E-state index contributed by atoms with van der Waals surface area (Å²) < 4.78 is 26.5. The summed E-state index contributed by atoms with van der Waals surface area (Å²) in [6, 6.07) is 5.43. The molecule has 0 amide bonds. The Morgan fingerprint density at radius 3 is 2.58 bits per heavy atom. The minimum absolute atomic E-state index is 0.106. The molecule has 106 valence electrons. The van der Waals surface area contributed by atoms with Gasteiger partial charge in [0.05, 0.1) is 4.90 Å². The van der Waals surface area contributed by atoms with E-state index in [-0.39, 0.29) is 11.3 Å². The highest BCUT2D eigenvalue weighted by Gasteiger charge is 2.24. The molecular weight excluding hydrogens is 266 g/mol. The van der Waals surface area contributed by atoms with Gasteiger partial charge < -0.3 is 5.11 Å². The summed E-state index contributed by atoms with van der Waals surface area (Å²) in [4.78, 5) is 11.1. The van der Waals surface area contributed by atoms with Gasteiger partial charge in [0.2, 0.25) is 10.0 Å². The Balaban J connectivity index is 2.99. The van der Waals surface area contributed by atoms with Crippen LogP contribution in [0.25, 0.3) is 0 Å². The summed E-state index contributed by atoms with van der Waals surface area (Å²) in [5.74, 6) is -1.16. The van der Waals surface area contributed by atoms with Gasteiger partial charge in [-0.2, -0.15) is 4.72 Å². The van der Waals surface area contributed by atoms with Crippen molar-refractivity contribution in [3.63, 3.8) is 0 Å². The minimum Gasteiger partial charge on any atom is -0.480 e. The van der Waals surface area contributed by atoms with Crippen molar-refractivity contribution in [2.45, 2.75) is 44.0 Å². The number of carbonyl (C=O) groups is 1. The Labute approximate surface area is 113 Å². The topological polar surface area (TPSA) is 83.5 Å². The van der Waals surface area contributed by atoms with Gasteiger partial charge in [-0.1, -0.05) is 32.4 Å². The van der Waals surface area contributed by atoms with Crippen LogP contribution in [0, 0.1) is 0 Å². The molecule has 5 nitrogen and oxygen atoms in total. The molecule has 0 saturated heterocycles. The molecule has 19 heavy (non-hydrogen) atoms. The molecule has 0 saturated carbocycles. The molecule has 0 aliphatic heterocycles. The summed E-state index contributed by atoms with van der Waals surface area (Å²) in [6.45, 7) is 3.73. The number of rotatable bonds is 7. The van der Waals surface area contributed by atoms with Gasteiger partial charge >= 0.3 is 5.97 Å². The van der Waals surface area contributed by atoms with Gasteiger partial charge in [0.25, 0.3) is 0 Å². The van der Waals surface area contributed by atoms with Crippen LogP contribution < -0.4 is 4.72 Å². The number of sulfonamides is 1. The predicted molar refractivity (Wildman–Crippen MR) is 72.5 cm³/mol. The quantitative estimate of drug-likeness (QED) is 0.800. The second-order valence-corrected chi connectivity index (χ2v) is 6.02. The average molecular weight is 285 g/mol. The number of carboxylic acids is 1. The minimum atomic E-state index is -3.79. The van der Waals surface area contributed by atoms with Crippen LogP contribution in [0.4, 0.5) is 0 Å².